The Balaban J connectivity index is 0.00000441. The Bertz CT molecular complexity index is 438. The van der Waals surface area contributed by atoms with Crippen LogP contribution in [0, 0.1) is 0 Å². The van der Waals surface area contributed by atoms with Gasteiger partial charge in [0.05, 0.1) is 7.11 Å². The van der Waals surface area contributed by atoms with Gasteiger partial charge in [-0.15, -0.1) is 0 Å². The molecule has 22 heavy (non-hydrogen) atoms. The van der Waals surface area contributed by atoms with Crippen LogP contribution in [0.1, 0.15) is 57.4 Å². The van der Waals surface area contributed by atoms with Gasteiger partial charge < -0.3 is 15.2 Å². The van der Waals surface area contributed by atoms with Crippen molar-refractivity contribution in [1.29, 1.82) is 0 Å². The van der Waals surface area contributed by atoms with Crippen LogP contribution in [0.2, 0.25) is 0 Å². The summed E-state index contributed by atoms with van der Waals surface area (Å²) in [5, 5.41) is 12.4. The van der Waals surface area contributed by atoms with Gasteiger partial charge in [0.25, 0.3) is 0 Å². The molecule has 1 aromatic rings. The van der Waals surface area contributed by atoms with Crippen LogP contribution in [0.5, 0.6) is 11.5 Å². The third-order valence-corrected chi connectivity index (χ3v) is 3.49. The topological polar surface area (TPSA) is 58.6 Å². The van der Waals surface area contributed by atoms with Gasteiger partial charge in [-0.3, -0.25) is 4.79 Å². The molecule has 0 spiro atoms. The number of amides is 1. The van der Waals surface area contributed by atoms with Crippen molar-refractivity contribution in [2.24, 2.45) is 0 Å². The molecule has 0 fully saturated rings. The van der Waals surface area contributed by atoms with E-state index in [1.807, 2.05) is 0 Å². The number of hydrogen-bond acceptors (Lipinski definition) is 3. The summed E-state index contributed by atoms with van der Waals surface area (Å²) in [6.45, 7) is 2.66. The van der Waals surface area contributed by atoms with E-state index in [1.165, 1.54) is 32.8 Å². The normalized spacial score (nSPS) is 9.91. The molecule has 2 N–H and O–H groups in total. The summed E-state index contributed by atoms with van der Waals surface area (Å²) in [4.78, 5) is 11.7. The zero-order valence-corrected chi connectivity index (χ0v) is 13.2. The van der Waals surface area contributed by atoms with Gasteiger partial charge in [-0.25, -0.2) is 0 Å². The minimum absolute atomic E-state index is 0. The fraction of sp³-hybridized carbons (Fsp3) is 0.588. The van der Waals surface area contributed by atoms with Crippen LogP contribution in [-0.2, 0) is 11.3 Å². The van der Waals surface area contributed by atoms with Crippen LogP contribution < -0.4 is 10.1 Å². The number of carbonyl (C=O) groups is 1. The fourth-order valence-electron chi connectivity index (χ4n) is 2.19. The molecule has 0 aromatic heterocycles. The first-order chi connectivity index (χ1) is 10.2. The molecule has 0 unspecified atom stereocenters. The van der Waals surface area contributed by atoms with Gasteiger partial charge >= 0.3 is 29.6 Å². The summed E-state index contributed by atoms with van der Waals surface area (Å²) in [5.41, 5.74) is 0.918. The van der Waals surface area contributed by atoms with Crippen LogP contribution in [0.3, 0.4) is 0 Å². The van der Waals surface area contributed by atoms with Crippen molar-refractivity contribution in [3.05, 3.63) is 23.8 Å². The summed E-state index contributed by atoms with van der Waals surface area (Å²) in [6.07, 6.45) is 7.68. The number of unbranched alkanes of at least 4 members (excludes halogenated alkanes) is 5. The van der Waals surface area contributed by atoms with Crippen molar-refractivity contribution in [3.63, 3.8) is 0 Å². The van der Waals surface area contributed by atoms with Gasteiger partial charge in [0.1, 0.15) is 0 Å². The molecule has 4 nitrogen and oxygen atoms in total. The van der Waals surface area contributed by atoms with Crippen molar-refractivity contribution >= 4 is 35.5 Å². The maximum absolute atomic E-state index is 11.7. The molecule has 0 atom stereocenters. The number of methoxy groups -OCH3 is 1. The third-order valence-electron chi connectivity index (χ3n) is 3.49. The van der Waals surface area contributed by atoms with Crippen molar-refractivity contribution in [2.45, 2.75) is 58.4 Å². The van der Waals surface area contributed by atoms with E-state index in [2.05, 4.69) is 12.2 Å². The number of nitrogens with one attached hydrogen (secondary N) is 1. The SMILES string of the molecule is CCCCCCCCC(=O)NCc1ccc(O)c(OC)c1.[NaH]. The zero-order chi connectivity index (χ0) is 15.5. The Hall–Kier alpha value is -0.710. The molecule has 0 aliphatic rings. The summed E-state index contributed by atoms with van der Waals surface area (Å²) in [6, 6.07) is 5.09. The third kappa shape index (κ3) is 8.66. The molecule has 0 aliphatic heterocycles. The monoisotopic (exact) mass is 317 g/mol. The molecular weight excluding hydrogens is 289 g/mol. The molecule has 0 bridgehead atoms. The van der Waals surface area contributed by atoms with Crippen molar-refractivity contribution < 1.29 is 14.6 Å². The number of aromatic hydroxyl groups is 1. The summed E-state index contributed by atoms with van der Waals surface area (Å²) in [5.74, 6) is 0.620. The minimum atomic E-state index is 0. The van der Waals surface area contributed by atoms with Gasteiger partial charge in [-0.1, -0.05) is 45.1 Å². The van der Waals surface area contributed by atoms with E-state index in [0.717, 1.165) is 18.4 Å². The second-order valence-electron chi connectivity index (χ2n) is 5.30. The Morgan fingerprint density at radius 3 is 2.55 bits per heavy atom. The number of benzene rings is 1. The molecule has 120 valence electrons. The zero-order valence-electron chi connectivity index (χ0n) is 13.2. The number of phenols is 1. The van der Waals surface area contributed by atoms with E-state index in [4.69, 9.17) is 4.74 Å². The first-order valence-corrected chi connectivity index (χ1v) is 7.80. The molecule has 1 aromatic carbocycles. The van der Waals surface area contributed by atoms with E-state index in [-0.39, 0.29) is 41.2 Å². The summed E-state index contributed by atoms with van der Waals surface area (Å²) >= 11 is 0. The fourth-order valence-corrected chi connectivity index (χ4v) is 2.19. The molecular formula is C17H28NNaO3. The van der Waals surface area contributed by atoms with Crippen LogP contribution in [0.4, 0.5) is 0 Å². The van der Waals surface area contributed by atoms with Gasteiger partial charge in [-0.2, -0.15) is 0 Å². The van der Waals surface area contributed by atoms with Gasteiger partial charge in [-0.05, 0) is 24.1 Å². The number of carbonyl (C=O) groups excluding carboxylic acids is 1. The maximum atomic E-state index is 11.7. The van der Waals surface area contributed by atoms with Crippen LogP contribution >= 0.6 is 0 Å². The van der Waals surface area contributed by atoms with E-state index in [9.17, 15) is 9.90 Å². The van der Waals surface area contributed by atoms with Crippen molar-refractivity contribution in [2.75, 3.05) is 7.11 Å². The molecule has 5 heteroatoms. The Kier molecular flexibility index (Phi) is 12.4. The summed E-state index contributed by atoms with van der Waals surface area (Å²) in [7, 11) is 1.51. The van der Waals surface area contributed by atoms with Gasteiger partial charge in [0.15, 0.2) is 11.5 Å². The first-order valence-electron chi connectivity index (χ1n) is 7.80. The first kappa shape index (κ1) is 21.3. The average Bonchev–Trinajstić information content (AvgIpc) is 2.50. The number of phenolic OH excluding ortho intramolecular Hbond substituents is 1. The standard InChI is InChI=1S/C17H27NO3.Na.H/c1-3-4-5-6-7-8-9-17(20)18-13-14-10-11-15(19)16(12-14)21-2;;/h10-12,19H,3-9,13H2,1-2H3,(H,18,20);;. The number of ether oxygens (including phenoxy) is 1. The van der Waals surface area contributed by atoms with Crippen LogP contribution in [0.25, 0.3) is 0 Å². The van der Waals surface area contributed by atoms with Crippen LogP contribution in [0.15, 0.2) is 18.2 Å². The average molecular weight is 317 g/mol. The van der Waals surface area contributed by atoms with E-state index >= 15 is 0 Å². The van der Waals surface area contributed by atoms with E-state index in [1.54, 1.807) is 18.2 Å². The van der Waals surface area contributed by atoms with Gasteiger partial charge in [0.2, 0.25) is 5.91 Å². The molecule has 0 saturated heterocycles. The van der Waals surface area contributed by atoms with Crippen molar-refractivity contribution in [3.8, 4) is 11.5 Å². The second kappa shape index (κ2) is 12.8. The Morgan fingerprint density at radius 1 is 1.18 bits per heavy atom. The molecule has 1 amide bonds. The predicted octanol–water partition coefficient (Wildman–Crippen LogP) is 3.12. The number of hydrogen-bond donors (Lipinski definition) is 2. The molecule has 1 rings (SSSR count). The predicted molar refractivity (Wildman–Crippen MR) is 91.6 cm³/mol. The van der Waals surface area contributed by atoms with Crippen LogP contribution in [-0.4, -0.2) is 47.7 Å². The summed E-state index contributed by atoms with van der Waals surface area (Å²) < 4.78 is 5.04. The molecule has 0 radical (unpaired) electrons. The molecule has 0 aliphatic carbocycles. The quantitative estimate of drug-likeness (QED) is 0.515. The van der Waals surface area contributed by atoms with Crippen molar-refractivity contribution in [1.82, 2.24) is 5.32 Å². The Morgan fingerprint density at radius 2 is 1.86 bits per heavy atom. The molecule has 0 heterocycles. The Labute approximate surface area is 155 Å². The number of rotatable bonds is 10. The van der Waals surface area contributed by atoms with E-state index < -0.39 is 0 Å². The second-order valence-corrected chi connectivity index (χ2v) is 5.30. The van der Waals surface area contributed by atoms with E-state index in [0.29, 0.717) is 18.7 Å². The van der Waals surface area contributed by atoms with Gasteiger partial charge in [0, 0.05) is 13.0 Å². The molecule has 0 saturated carbocycles.